The number of hydrogen-bond acceptors (Lipinski definition) is 0. The lowest BCUT2D eigenvalue weighted by molar-refractivity contribution is -0.665. The molecular formula is C26H28N+. The molecular weight excluding hydrogens is 326 g/mol. The molecule has 0 N–H and O–H groups in total. The second kappa shape index (κ2) is 6.81. The number of nitrogens with zero attached hydrogens (tertiary/aromatic N) is 1. The van der Waals surface area contributed by atoms with Crippen LogP contribution in [0.5, 0.6) is 0 Å². The average Bonchev–Trinajstić information content (AvgIpc) is 2.71. The smallest absolute Gasteiger partial charge is 0.198 e. The first-order valence-corrected chi connectivity index (χ1v) is 9.85. The number of fused-ring (bicyclic) bond motifs is 2. The average molecular weight is 356 g/mol. The van der Waals surface area contributed by atoms with E-state index < -0.39 is 0 Å². The lowest BCUT2D eigenvalue weighted by Gasteiger charge is -2.14. The monoisotopic (exact) mass is 355 g/mol. The highest BCUT2D eigenvalue weighted by Gasteiger charge is 2.20. The molecule has 0 aliphatic heterocycles. The molecule has 0 saturated heterocycles. The first kappa shape index (κ1) is 16.5. The molecule has 1 nitrogen and oxygen atoms in total. The van der Waals surface area contributed by atoms with Crippen molar-refractivity contribution in [2.24, 2.45) is 7.05 Å². The maximum Gasteiger partial charge on any atom is 0.220 e. The van der Waals surface area contributed by atoms with Crippen LogP contribution in [0.2, 0.25) is 0 Å². The Labute approximate surface area is 163 Å². The van der Waals surface area contributed by atoms with Gasteiger partial charge in [0.2, 0.25) is 5.69 Å². The van der Waals surface area contributed by atoms with Gasteiger partial charge in [-0.25, -0.2) is 0 Å². The summed E-state index contributed by atoms with van der Waals surface area (Å²) >= 11 is 0. The summed E-state index contributed by atoms with van der Waals surface area (Å²) in [7, 11) is 2.08. The number of hydrogen-bond donors (Lipinski definition) is 0. The summed E-state index contributed by atoms with van der Waals surface area (Å²) < 4.78 is 10.9. The van der Waals surface area contributed by atoms with Gasteiger partial charge in [-0.2, -0.15) is 4.57 Å². The molecule has 1 heteroatoms. The minimum Gasteiger partial charge on any atom is -0.198 e. The molecule has 4 aromatic rings. The first-order valence-electron chi connectivity index (χ1n) is 10.3. The third-order valence-electron chi connectivity index (χ3n) is 5.98. The van der Waals surface area contributed by atoms with E-state index in [-0.39, 0.29) is 0 Å². The molecule has 0 aliphatic carbocycles. The van der Waals surface area contributed by atoms with Crippen LogP contribution in [-0.4, -0.2) is 0 Å². The molecule has 0 saturated carbocycles. The molecule has 27 heavy (non-hydrogen) atoms. The lowest BCUT2D eigenvalue weighted by Crippen LogP contribution is -2.35. The number of rotatable bonds is 3. The van der Waals surface area contributed by atoms with Crippen LogP contribution >= 0.6 is 0 Å². The fraction of sp³-hybridized carbons (Fsp3) is 0.269. The van der Waals surface area contributed by atoms with Crippen molar-refractivity contribution in [3.63, 3.8) is 0 Å². The second-order valence-electron chi connectivity index (χ2n) is 7.75. The van der Waals surface area contributed by atoms with Crippen LogP contribution in [0.3, 0.4) is 0 Å². The molecule has 1 heterocycles. The van der Waals surface area contributed by atoms with Crippen molar-refractivity contribution >= 4 is 21.5 Å². The van der Waals surface area contributed by atoms with E-state index in [0.717, 1.165) is 22.9 Å². The second-order valence-corrected chi connectivity index (χ2v) is 7.75. The van der Waals surface area contributed by atoms with E-state index in [1.165, 1.54) is 33.2 Å². The van der Waals surface area contributed by atoms with E-state index in [4.69, 9.17) is 1.37 Å². The third-order valence-corrected chi connectivity index (χ3v) is 5.98. The highest BCUT2D eigenvalue weighted by Crippen LogP contribution is 2.33. The largest absolute Gasteiger partial charge is 0.220 e. The van der Waals surface area contributed by atoms with E-state index >= 15 is 0 Å². The van der Waals surface area contributed by atoms with E-state index in [2.05, 4.69) is 93.9 Å². The van der Waals surface area contributed by atoms with Crippen molar-refractivity contribution in [2.75, 3.05) is 0 Å². The standard InChI is InChI=1S/C26H28N/c1-6-17(2)20-11-12-24-23(15-20)14-19(4)27(5)26(24)25-16-22-10-8-7-9-21(22)13-18(25)3/h7-17H,6H2,1-5H3/q+1/i14D. The van der Waals surface area contributed by atoms with Crippen molar-refractivity contribution in [3.8, 4) is 11.3 Å². The van der Waals surface area contributed by atoms with Crippen molar-refractivity contribution in [3.05, 3.63) is 77.5 Å². The zero-order chi connectivity index (χ0) is 20.0. The molecule has 0 amide bonds. The van der Waals surface area contributed by atoms with E-state index in [1.807, 2.05) is 0 Å². The fourth-order valence-electron chi connectivity index (χ4n) is 3.98. The molecule has 1 unspecified atom stereocenters. The highest BCUT2D eigenvalue weighted by molar-refractivity contribution is 5.97. The van der Waals surface area contributed by atoms with Crippen LogP contribution in [0.25, 0.3) is 32.8 Å². The van der Waals surface area contributed by atoms with Gasteiger partial charge in [0, 0.05) is 13.0 Å². The summed E-state index contributed by atoms with van der Waals surface area (Å²) in [5.41, 5.74) is 6.01. The van der Waals surface area contributed by atoms with Crippen molar-refractivity contribution in [1.82, 2.24) is 0 Å². The number of aromatic nitrogens is 1. The Bertz CT molecular complexity index is 1210. The van der Waals surface area contributed by atoms with E-state index in [1.54, 1.807) is 0 Å². The fourth-order valence-corrected chi connectivity index (χ4v) is 3.98. The van der Waals surface area contributed by atoms with Gasteiger partial charge >= 0.3 is 0 Å². The van der Waals surface area contributed by atoms with Crippen molar-refractivity contribution in [1.29, 1.82) is 0 Å². The normalized spacial score (nSPS) is 13.1. The molecule has 136 valence electrons. The first-order chi connectivity index (χ1) is 13.4. The maximum absolute atomic E-state index is 8.75. The van der Waals surface area contributed by atoms with Crippen LogP contribution in [0.15, 0.2) is 60.6 Å². The van der Waals surface area contributed by atoms with E-state index in [9.17, 15) is 0 Å². The Morgan fingerprint density at radius 1 is 0.963 bits per heavy atom. The minimum absolute atomic E-state index is 0.504. The van der Waals surface area contributed by atoms with Crippen LogP contribution in [-0.2, 0) is 7.05 Å². The molecule has 0 radical (unpaired) electrons. The van der Waals surface area contributed by atoms with Gasteiger partial charge in [0.25, 0.3) is 0 Å². The van der Waals surface area contributed by atoms with Crippen LogP contribution in [0, 0.1) is 13.8 Å². The van der Waals surface area contributed by atoms with Crippen LogP contribution < -0.4 is 4.57 Å². The van der Waals surface area contributed by atoms with Crippen molar-refractivity contribution < 1.29 is 5.94 Å². The van der Waals surface area contributed by atoms with Gasteiger partial charge < -0.3 is 0 Å². The quantitative estimate of drug-likeness (QED) is 0.364. The van der Waals surface area contributed by atoms with Crippen molar-refractivity contribution in [2.45, 2.75) is 40.0 Å². The topological polar surface area (TPSA) is 3.88 Å². The predicted molar refractivity (Wildman–Crippen MR) is 116 cm³/mol. The number of aryl methyl sites for hydroxylation is 1. The Hall–Kier alpha value is -2.67. The number of pyridine rings is 1. The third kappa shape index (κ3) is 3.02. The number of benzene rings is 3. The SMILES string of the molecule is [2H]c1c(C)[n+](C)c(-c2cc3ccccc3cc2C)c2ccc(C(C)CC)cc12. The molecule has 0 aliphatic rings. The molecule has 3 aromatic carbocycles. The van der Waals surface area contributed by atoms with Gasteiger partial charge in [-0.05, 0) is 58.7 Å². The summed E-state index contributed by atoms with van der Waals surface area (Å²) in [5.74, 6) is 0.504. The summed E-state index contributed by atoms with van der Waals surface area (Å²) in [6.45, 7) is 8.72. The van der Waals surface area contributed by atoms with Crippen LogP contribution in [0.1, 0.15) is 44.4 Å². The molecule has 0 fully saturated rings. The predicted octanol–water partition coefficient (Wildman–Crippen LogP) is 6.61. The van der Waals surface area contributed by atoms with Gasteiger partial charge in [-0.1, -0.05) is 56.3 Å². The molecule has 1 aromatic heterocycles. The van der Waals surface area contributed by atoms with E-state index in [0.29, 0.717) is 12.0 Å². The van der Waals surface area contributed by atoms with Gasteiger partial charge in [-0.3, -0.25) is 0 Å². The summed E-state index contributed by atoms with van der Waals surface area (Å²) in [4.78, 5) is 0. The Balaban J connectivity index is 2.08. The summed E-state index contributed by atoms with van der Waals surface area (Å²) in [6, 6.07) is 20.4. The Kier molecular flexibility index (Phi) is 4.16. The Morgan fingerprint density at radius 3 is 2.37 bits per heavy atom. The maximum atomic E-state index is 8.75. The summed E-state index contributed by atoms with van der Waals surface area (Å²) in [5, 5.41) is 4.73. The highest BCUT2D eigenvalue weighted by atomic mass is 14.9. The molecule has 0 bridgehead atoms. The lowest BCUT2D eigenvalue weighted by atomic mass is 9.92. The van der Waals surface area contributed by atoms with Gasteiger partial charge in [0.05, 0.1) is 12.3 Å². The molecule has 0 spiro atoms. The van der Waals surface area contributed by atoms with Gasteiger partial charge in [0.15, 0.2) is 5.69 Å². The molecule has 4 rings (SSSR count). The van der Waals surface area contributed by atoms with Crippen LogP contribution in [0.4, 0.5) is 0 Å². The Morgan fingerprint density at radius 2 is 1.67 bits per heavy atom. The summed E-state index contributed by atoms with van der Waals surface area (Å²) in [6.07, 6.45) is 1.11. The molecule has 1 atom stereocenters. The minimum atomic E-state index is 0.504. The zero-order valence-electron chi connectivity index (χ0n) is 17.9. The van der Waals surface area contributed by atoms with Gasteiger partial charge in [0.1, 0.15) is 7.05 Å². The zero-order valence-corrected chi connectivity index (χ0v) is 16.9. The van der Waals surface area contributed by atoms with Gasteiger partial charge in [-0.15, -0.1) is 0 Å².